The molecule has 0 atom stereocenters. The molecule has 0 saturated heterocycles. The number of carbonyl (C=O) groups is 2. The second-order valence-corrected chi connectivity index (χ2v) is 4.31. The average molecular weight is 301 g/mol. The van der Waals surface area contributed by atoms with Crippen LogP contribution in [0.5, 0.6) is 0 Å². The maximum absolute atomic E-state index is 12.0. The molecule has 22 heavy (non-hydrogen) atoms. The molecule has 2 aromatic rings. The van der Waals surface area contributed by atoms with Gasteiger partial charge in [-0.25, -0.2) is 9.59 Å². The molecule has 7 heteroatoms. The zero-order chi connectivity index (χ0) is 16.1. The van der Waals surface area contributed by atoms with E-state index in [1.807, 2.05) is 0 Å². The number of carboxylic acid groups (broad SMARTS) is 1. The van der Waals surface area contributed by atoms with Gasteiger partial charge in [0.25, 0.3) is 5.69 Å². The molecule has 0 amide bonds. The SMILES string of the molecule is O=C(O)c1ccccc1C(=O)OCc1ccccc1[N+](=O)[O-]. The highest BCUT2D eigenvalue weighted by molar-refractivity contribution is 6.02. The Balaban J connectivity index is 2.18. The number of nitro benzene ring substituents is 1. The summed E-state index contributed by atoms with van der Waals surface area (Å²) in [5, 5.41) is 19.9. The van der Waals surface area contributed by atoms with E-state index in [1.165, 1.54) is 42.5 Å². The molecule has 0 radical (unpaired) electrons. The van der Waals surface area contributed by atoms with Crippen LogP contribution in [0.25, 0.3) is 0 Å². The van der Waals surface area contributed by atoms with Gasteiger partial charge >= 0.3 is 11.9 Å². The van der Waals surface area contributed by atoms with Crippen LogP contribution in [0.1, 0.15) is 26.3 Å². The minimum atomic E-state index is -1.25. The van der Waals surface area contributed by atoms with E-state index in [4.69, 9.17) is 9.84 Å². The van der Waals surface area contributed by atoms with Crippen molar-refractivity contribution >= 4 is 17.6 Å². The minimum Gasteiger partial charge on any atom is -0.478 e. The van der Waals surface area contributed by atoms with E-state index in [0.717, 1.165) is 0 Å². The molecule has 0 aromatic heterocycles. The summed E-state index contributed by atoms with van der Waals surface area (Å²) in [7, 11) is 0. The lowest BCUT2D eigenvalue weighted by atomic mass is 10.1. The van der Waals surface area contributed by atoms with Crippen LogP contribution in [-0.2, 0) is 11.3 Å². The fraction of sp³-hybridized carbons (Fsp3) is 0.0667. The normalized spacial score (nSPS) is 10.0. The zero-order valence-corrected chi connectivity index (χ0v) is 11.3. The van der Waals surface area contributed by atoms with Crippen LogP contribution >= 0.6 is 0 Å². The van der Waals surface area contributed by atoms with Crippen LogP contribution in [0, 0.1) is 10.1 Å². The standard InChI is InChI=1S/C15H11NO6/c17-14(18)11-6-2-3-7-12(11)15(19)22-9-10-5-1-4-8-13(10)16(20)21/h1-8H,9H2,(H,17,18). The second-order valence-electron chi connectivity index (χ2n) is 4.31. The second kappa shape index (κ2) is 6.49. The predicted octanol–water partition coefficient (Wildman–Crippen LogP) is 2.65. The number of nitro groups is 1. The summed E-state index contributed by atoms with van der Waals surface area (Å²) in [4.78, 5) is 33.3. The number of ether oxygens (including phenoxy) is 1. The number of nitrogens with zero attached hydrogens (tertiary/aromatic N) is 1. The van der Waals surface area contributed by atoms with E-state index in [-0.39, 0.29) is 29.0 Å². The first-order valence-corrected chi connectivity index (χ1v) is 6.22. The van der Waals surface area contributed by atoms with Gasteiger partial charge in [-0.15, -0.1) is 0 Å². The number of hydrogen-bond acceptors (Lipinski definition) is 5. The molecule has 2 rings (SSSR count). The number of carbonyl (C=O) groups excluding carboxylic acids is 1. The molecule has 0 fully saturated rings. The van der Waals surface area contributed by atoms with Gasteiger partial charge in [-0.05, 0) is 18.2 Å². The number of hydrogen-bond donors (Lipinski definition) is 1. The van der Waals surface area contributed by atoms with E-state index in [9.17, 15) is 19.7 Å². The van der Waals surface area contributed by atoms with Crippen LogP contribution in [-0.4, -0.2) is 22.0 Å². The van der Waals surface area contributed by atoms with E-state index in [0.29, 0.717) is 0 Å². The number of carboxylic acids is 1. The van der Waals surface area contributed by atoms with Gasteiger partial charge in [-0.1, -0.05) is 24.3 Å². The third-order valence-corrected chi connectivity index (χ3v) is 2.92. The fourth-order valence-electron chi connectivity index (χ4n) is 1.88. The summed E-state index contributed by atoms with van der Waals surface area (Å²) in [6.45, 7) is -0.316. The van der Waals surface area contributed by atoms with Crippen LogP contribution in [0.15, 0.2) is 48.5 Å². The number of aromatic carboxylic acids is 1. The van der Waals surface area contributed by atoms with Gasteiger partial charge in [0.15, 0.2) is 0 Å². The molecule has 0 aliphatic carbocycles. The van der Waals surface area contributed by atoms with Crippen molar-refractivity contribution in [2.75, 3.05) is 0 Å². The molecular formula is C15H11NO6. The third kappa shape index (κ3) is 3.26. The van der Waals surface area contributed by atoms with Gasteiger partial charge in [-0.2, -0.15) is 0 Å². The predicted molar refractivity (Wildman–Crippen MR) is 75.6 cm³/mol. The summed E-state index contributed by atoms with van der Waals surface area (Å²) >= 11 is 0. The first-order chi connectivity index (χ1) is 10.5. The van der Waals surface area contributed by atoms with Crippen LogP contribution < -0.4 is 0 Å². The van der Waals surface area contributed by atoms with Crippen molar-refractivity contribution in [3.63, 3.8) is 0 Å². The molecule has 1 N–H and O–H groups in total. The van der Waals surface area contributed by atoms with Crippen molar-refractivity contribution < 1.29 is 24.4 Å². The zero-order valence-electron chi connectivity index (χ0n) is 11.3. The van der Waals surface area contributed by atoms with Gasteiger partial charge in [0.2, 0.25) is 0 Å². The van der Waals surface area contributed by atoms with Crippen LogP contribution in [0.2, 0.25) is 0 Å². The van der Waals surface area contributed by atoms with Crippen molar-refractivity contribution in [2.45, 2.75) is 6.61 Å². The van der Waals surface area contributed by atoms with Gasteiger partial charge < -0.3 is 9.84 Å². The highest BCUT2D eigenvalue weighted by atomic mass is 16.6. The summed E-state index contributed by atoms with van der Waals surface area (Å²) in [6, 6.07) is 11.5. The van der Waals surface area contributed by atoms with Crippen molar-refractivity contribution in [1.82, 2.24) is 0 Å². The lowest BCUT2D eigenvalue weighted by Crippen LogP contribution is -2.12. The first kappa shape index (κ1) is 15.2. The molecule has 0 aliphatic rings. The Bertz CT molecular complexity index is 740. The summed E-state index contributed by atoms with van der Waals surface area (Å²) in [5.74, 6) is -2.10. The van der Waals surface area contributed by atoms with Crippen molar-refractivity contribution in [1.29, 1.82) is 0 Å². The van der Waals surface area contributed by atoms with Gasteiger partial charge in [-0.3, -0.25) is 10.1 Å². The molecule has 0 aliphatic heterocycles. The molecular weight excluding hydrogens is 290 g/mol. The number of rotatable bonds is 5. The highest BCUT2D eigenvalue weighted by Crippen LogP contribution is 2.19. The summed E-state index contributed by atoms with van der Waals surface area (Å²) < 4.78 is 4.99. The molecule has 0 saturated carbocycles. The maximum Gasteiger partial charge on any atom is 0.339 e. The lowest BCUT2D eigenvalue weighted by Gasteiger charge is -2.07. The fourth-order valence-corrected chi connectivity index (χ4v) is 1.88. The number of esters is 1. The van der Waals surface area contributed by atoms with Gasteiger partial charge in [0.05, 0.1) is 21.6 Å². The molecule has 0 bridgehead atoms. The Kier molecular flexibility index (Phi) is 4.47. The van der Waals surface area contributed by atoms with Gasteiger partial charge in [0.1, 0.15) is 6.61 Å². The largest absolute Gasteiger partial charge is 0.478 e. The molecule has 0 unspecified atom stereocenters. The highest BCUT2D eigenvalue weighted by Gasteiger charge is 2.19. The Morgan fingerprint density at radius 1 is 1.05 bits per heavy atom. The van der Waals surface area contributed by atoms with Crippen molar-refractivity contribution in [3.05, 3.63) is 75.3 Å². The van der Waals surface area contributed by atoms with E-state index < -0.39 is 16.9 Å². The molecule has 0 heterocycles. The van der Waals surface area contributed by atoms with E-state index in [2.05, 4.69) is 0 Å². The van der Waals surface area contributed by atoms with E-state index in [1.54, 1.807) is 6.07 Å². The third-order valence-electron chi connectivity index (χ3n) is 2.92. The maximum atomic E-state index is 12.0. The Morgan fingerprint density at radius 3 is 2.27 bits per heavy atom. The average Bonchev–Trinajstić information content (AvgIpc) is 2.52. The first-order valence-electron chi connectivity index (χ1n) is 6.22. The molecule has 112 valence electrons. The van der Waals surface area contributed by atoms with Crippen molar-refractivity contribution in [3.8, 4) is 0 Å². The quantitative estimate of drug-likeness (QED) is 0.517. The smallest absolute Gasteiger partial charge is 0.339 e. The minimum absolute atomic E-state index is 0.103. The summed E-state index contributed by atoms with van der Waals surface area (Å²) in [6.07, 6.45) is 0. The monoisotopic (exact) mass is 301 g/mol. The molecule has 0 spiro atoms. The number of benzene rings is 2. The lowest BCUT2D eigenvalue weighted by molar-refractivity contribution is -0.385. The Labute approximate surface area is 124 Å². The number of para-hydroxylation sites is 1. The Hall–Kier alpha value is -3.22. The van der Waals surface area contributed by atoms with E-state index >= 15 is 0 Å². The van der Waals surface area contributed by atoms with Crippen molar-refractivity contribution in [2.24, 2.45) is 0 Å². The summed E-state index contributed by atoms with van der Waals surface area (Å²) in [5.41, 5.74) is -0.223. The van der Waals surface area contributed by atoms with Crippen LogP contribution in [0.4, 0.5) is 5.69 Å². The topological polar surface area (TPSA) is 107 Å². The van der Waals surface area contributed by atoms with Crippen LogP contribution in [0.3, 0.4) is 0 Å². The van der Waals surface area contributed by atoms with Gasteiger partial charge in [0, 0.05) is 6.07 Å². The molecule has 2 aromatic carbocycles. The molecule has 7 nitrogen and oxygen atoms in total. The Morgan fingerprint density at radius 2 is 1.64 bits per heavy atom.